The van der Waals surface area contributed by atoms with Crippen LogP contribution in [0.3, 0.4) is 0 Å². The Morgan fingerprint density at radius 2 is 1.95 bits per heavy atom. The molecule has 0 aliphatic heterocycles. The molecule has 0 N–H and O–H groups in total. The van der Waals surface area contributed by atoms with Gasteiger partial charge in [0.2, 0.25) is 0 Å². The Balaban J connectivity index is 3.40. The van der Waals surface area contributed by atoms with Gasteiger partial charge in [-0.3, -0.25) is 0 Å². The molecule has 0 radical (unpaired) electrons. The van der Waals surface area contributed by atoms with Gasteiger partial charge in [0, 0.05) is 10.8 Å². The van der Waals surface area contributed by atoms with Crippen LogP contribution in [0, 0.1) is 39.9 Å². The SMILES string of the molecule is COC(=O)/C(C#N)=C(/SC)[C@H]1CCCC1=C(C#N)C#N. The minimum absolute atomic E-state index is 0.0420. The van der Waals surface area contributed by atoms with Crippen LogP contribution >= 0.6 is 11.8 Å². The van der Waals surface area contributed by atoms with Crippen molar-refractivity contribution in [3.8, 4) is 18.2 Å². The van der Waals surface area contributed by atoms with E-state index in [4.69, 9.17) is 15.8 Å². The van der Waals surface area contributed by atoms with Gasteiger partial charge in [-0.2, -0.15) is 15.8 Å². The van der Waals surface area contributed by atoms with Gasteiger partial charge in [-0.1, -0.05) is 0 Å². The molecule has 1 rings (SSSR count). The van der Waals surface area contributed by atoms with Crippen molar-refractivity contribution in [3.05, 3.63) is 21.6 Å². The van der Waals surface area contributed by atoms with Crippen molar-refractivity contribution in [2.45, 2.75) is 19.3 Å². The normalized spacial score (nSPS) is 18.4. The first-order valence-electron chi connectivity index (χ1n) is 5.94. The van der Waals surface area contributed by atoms with Gasteiger partial charge < -0.3 is 4.74 Å². The third kappa shape index (κ3) is 3.02. The van der Waals surface area contributed by atoms with Gasteiger partial charge in [-0.25, -0.2) is 4.79 Å². The molecular formula is C14H13N3O2S. The Bertz CT molecular complexity index is 583. The average Bonchev–Trinajstić information content (AvgIpc) is 2.94. The molecule has 0 aromatic carbocycles. The summed E-state index contributed by atoms with van der Waals surface area (Å²) in [4.78, 5) is 12.2. The predicted octanol–water partition coefficient (Wildman–Crippen LogP) is 2.44. The van der Waals surface area contributed by atoms with Crippen molar-refractivity contribution in [1.29, 1.82) is 15.8 Å². The van der Waals surface area contributed by atoms with E-state index in [-0.39, 0.29) is 17.1 Å². The van der Waals surface area contributed by atoms with Gasteiger partial charge in [-0.05, 0) is 31.1 Å². The smallest absolute Gasteiger partial charge is 0.349 e. The Hall–Kier alpha value is -2.23. The molecule has 1 atom stereocenters. The second-order valence-corrected chi connectivity index (χ2v) is 4.96. The lowest BCUT2D eigenvalue weighted by atomic mass is 9.95. The van der Waals surface area contributed by atoms with Gasteiger partial charge in [0.15, 0.2) is 0 Å². The summed E-state index contributed by atoms with van der Waals surface area (Å²) in [5.74, 6) is -0.897. The maximum Gasteiger partial charge on any atom is 0.349 e. The van der Waals surface area contributed by atoms with Gasteiger partial charge in [0.05, 0.1) is 7.11 Å². The maximum absolute atomic E-state index is 11.7. The van der Waals surface area contributed by atoms with E-state index in [0.29, 0.717) is 11.3 Å². The zero-order valence-electron chi connectivity index (χ0n) is 11.3. The topological polar surface area (TPSA) is 97.7 Å². The second-order valence-electron chi connectivity index (χ2n) is 4.12. The van der Waals surface area contributed by atoms with Crippen LogP contribution in [0.1, 0.15) is 19.3 Å². The van der Waals surface area contributed by atoms with Crippen molar-refractivity contribution in [3.63, 3.8) is 0 Å². The van der Waals surface area contributed by atoms with Crippen molar-refractivity contribution in [1.82, 2.24) is 0 Å². The van der Waals surface area contributed by atoms with Crippen molar-refractivity contribution in [2.24, 2.45) is 5.92 Å². The number of nitriles is 3. The third-order valence-electron chi connectivity index (χ3n) is 3.19. The van der Waals surface area contributed by atoms with Crippen LogP contribution in [0.2, 0.25) is 0 Å². The van der Waals surface area contributed by atoms with E-state index in [1.54, 1.807) is 6.26 Å². The second kappa shape index (κ2) is 7.38. The summed E-state index contributed by atoms with van der Waals surface area (Å²) >= 11 is 1.29. The summed E-state index contributed by atoms with van der Waals surface area (Å²) in [5.41, 5.74) is 0.761. The van der Waals surface area contributed by atoms with E-state index in [1.165, 1.54) is 18.9 Å². The molecule has 0 aromatic rings. The zero-order valence-corrected chi connectivity index (χ0v) is 12.1. The number of carbonyl (C=O) groups excluding carboxylic acids is 1. The van der Waals surface area contributed by atoms with Crippen LogP contribution in [0.5, 0.6) is 0 Å². The van der Waals surface area contributed by atoms with Crippen LogP contribution < -0.4 is 0 Å². The molecule has 1 fully saturated rings. The minimum Gasteiger partial charge on any atom is -0.465 e. The van der Waals surface area contributed by atoms with Crippen molar-refractivity contribution >= 4 is 17.7 Å². The van der Waals surface area contributed by atoms with Crippen LogP contribution in [0.4, 0.5) is 0 Å². The number of methoxy groups -OCH3 is 1. The van der Waals surface area contributed by atoms with Crippen molar-refractivity contribution < 1.29 is 9.53 Å². The highest BCUT2D eigenvalue weighted by Gasteiger charge is 2.31. The number of rotatable bonds is 3. The highest BCUT2D eigenvalue weighted by atomic mass is 32.2. The lowest BCUT2D eigenvalue weighted by Gasteiger charge is -2.16. The molecule has 102 valence electrons. The number of esters is 1. The number of hydrogen-bond acceptors (Lipinski definition) is 6. The fraction of sp³-hybridized carbons (Fsp3) is 0.429. The summed E-state index contributed by atoms with van der Waals surface area (Å²) in [6.07, 6.45) is 3.96. The summed E-state index contributed by atoms with van der Waals surface area (Å²) in [6, 6.07) is 5.65. The Labute approximate surface area is 122 Å². The quantitative estimate of drug-likeness (QED) is 0.449. The van der Waals surface area contributed by atoms with E-state index in [0.717, 1.165) is 18.4 Å². The molecule has 1 aliphatic rings. The Kier molecular flexibility index (Phi) is 5.84. The molecule has 0 spiro atoms. The third-order valence-corrected chi connectivity index (χ3v) is 4.12. The molecule has 0 heterocycles. The fourth-order valence-electron chi connectivity index (χ4n) is 2.32. The number of carbonyl (C=O) groups is 1. The number of ether oxygens (including phenoxy) is 1. The fourth-order valence-corrected chi connectivity index (χ4v) is 3.20. The Morgan fingerprint density at radius 3 is 2.40 bits per heavy atom. The summed E-state index contributed by atoms with van der Waals surface area (Å²) < 4.78 is 4.62. The number of thioether (sulfide) groups is 1. The number of nitrogens with zero attached hydrogens (tertiary/aromatic N) is 3. The molecule has 20 heavy (non-hydrogen) atoms. The Morgan fingerprint density at radius 1 is 1.30 bits per heavy atom. The summed E-state index contributed by atoms with van der Waals surface area (Å²) in [5, 5.41) is 27.2. The van der Waals surface area contributed by atoms with Crippen LogP contribution in [0.25, 0.3) is 0 Å². The predicted molar refractivity (Wildman–Crippen MR) is 73.8 cm³/mol. The lowest BCUT2D eigenvalue weighted by Crippen LogP contribution is -2.11. The van der Waals surface area contributed by atoms with Gasteiger partial charge in [-0.15, -0.1) is 11.8 Å². The highest BCUT2D eigenvalue weighted by molar-refractivity contribution is 8.02. The van der Waals surface area contributed by atoms with Gasteiger partial charge in [0.25, 0.3) is 0 Å². The first kappa shape index (κ1) is 15.8. The van der Waals surface area contributed by atoms with Crippen LogP contribution in [-0.2, 0) is 9.53 Å². The van der Waals surface area contributed by atoms with Crippen LogP contribution in [-0.4, -0.2) is 19.3 Å². The van der Waals surface area contributed by atoms with Crippen LogP contribution in [0.15, 0.2) is 21.6 Å². The molecule has 1 aliphatic carbocycles. The largest absolute Gasteiger partial charge is 0.465 e. The molecule has 0 bridgehead atoms. The number of allylic oxidation sites excluding steroid dienone is 3. The van der Waals surface area contributed by atoms with Gasteiger partial charge >= 0.3 is 5.97 Å². The van der Waals surface area contributed by atoms with E-state index in [9.17, 15) is 4.79 Å². The molecule has 5 nitrogen and oxygen atoms in total. The zero-order chi connectivity index (χ0) is 15.1. The maximum atomic E-state index is 11.7. The van der Waals surface area contributed by atoms with E-state index in [2.05, 4.69) is 4.74 Å². The molecule has 6 heteroatoms. The van der Waals surface area contributed by atoms with E-state index in [1.807, 2.05) is 18.2 Å². The first-order chi connectivity index (χ1) is 9.64. The molecule has 0 aromatic heterocycles. The number of hydrogen-bond donors (Lipinski definition) is 0. The molecule has 0 saturated heterocycles. The van der Waals surface area contributed by atoms with Crippen molar-refractivity contribution in [2.75, 3.05) is 13.4 Å². The molecular weight excluding hydrogens is 274 g/mol. The first-order valence-corrected chi connectivity index (χ1v) is 7.16. The standard InChI is InChI=1S/C14H13N3O2S/c1-19-14(18)12(8-17)13(20-2)11-5-3-4-10(11)9(6-15)7-16/h11H,3-5H2,1-2H3/b13-12+/t11-/m0/s1. The molecule has 0 amide bonds. The summed E-state index contributed by atoms with van der Waals surface area (Å²) in [6.45, 7) is 0. The lowest BCUT2D eigenvalue weighted by molar-refractivity contribution is -0.135. The monoisotopic (exact) mass is 287 g/mol. The average molecular weight is 287 g/mol. The molecule has 1 saturated carbocycles. The van der Waals surface area contributed by atoms with Gasteiger partial charge in [0.1, 0.15) is 29.4 Å². The summed E-state index contributed by atoms with van der Waals surface area (Å²) in [7, 11) is 1.22. The minimum atomic E-state index is -0.682. The van der Waals surface area contributed by atoms with E-state index >= 15 is 0 Å². The highest BCUT2D eigenvalue weighted by Crippen LogP contribution is 2.43. The molecule has 0 unspecified atom stereocenters. The van der Waals surface area contributed by atoms with E-state index < -0.39 is 5.97 Å².